The minimum absolute atomic E-state index is 0.172. The summed E-state index contributed by atoms with van der Waals surface area (Å²) in [7, 11) is 0. The molecular weight excluding hydrogens is 230 g/mol. The number of aliphatic imine (C=N–C) groups is 1. The third-order valence-electron chi connectivity index (χ3n) is 2.03. The van der Waals surface area contributed by atoms with E-state index >= 15 is 0 Å². The molecule has 0 atom stereocenters. The molecule has 2 amide bonds. The minimum Gasteiger partial charge on any atom is -0.354 e. The summed E-state index contributed by atoms with van der Waals surface area (Å²) in [6.45, 7) is 4.44. The van der Waals surface area contributed by atoms with Gasteiger partial charge in [-0.3, -0.25) is 15.3 Å². The zero-order chi connectivity index (χ0) is 13.4. The molecular formula is C12H19N5O. The van der Waals surface area contributed by atoms with E-state index in [-0.39, 0.29) is 6.04 Å². The van der Waals surface area contributed by atoms with Crippen LogP contribution in [0.5, 0.6) is 0 Å². The van der Waals surface area contributed by atoms with Crippen molar-refractivity contribution in [1.82, 2.24) is 15.6 Å². The number of carbonyl (C=O) groups is 1. The number of rotatable bonds is 4. The lowest BCUT2D eigenvalue weighted by molar-refractivity contribution is 0.252. The average molecular weight is 249 g/mol. The van der Waals surface area contributed by atoms with Gasteiger partial charge in [0.15, 0.2) is 5.96 Å². The maximum Gasteiger partial charge on any atom is 0.318 e. The average Bonchev–Trinajstić information content (AvgIpc) is 2.28. The van der Waals surface area contributed by atoms with Crippen molar-refractivity contribution >= 4 is 12.0 Å². The molecule has 1 rings (SSSR count). The van der Waals surface area contributed by atoms with Gasteiger partial charge in [-0.05, 0) is 26.0 Å². The standard InChI is InChI=1S/C12H19N5O/c1-9(2)16-12(17-11(13)18)15-8-6-10-5-3-4-7-14-10/h3-5,7,9H,6,8H2,1-2H3,(H4,13,15,16,17,18). The molecule has 0 saturated carbocycles. The summed E-state index contributed by atoms with van der Waals surface area (Å²) in [5, 5.41) is 5.47. The molecule has 0 spiro atoms. The molecule has 0 aliphatic carbocycles. The SMILES string of the molecule is CC(C)NC(=NCCc1ccccn1)NC(N)=O. The van der Waals surface area contributed by atoms with Crippen LogP contribution in [0.4, 0.5) is 4.79 Å². The first-order valence-corrected chi connectivity index (χ1v) is 5.85. The number of nitrogens with zero attached hydrogens (tertiary/aromatic N) is 2. The minimum atomic E-state index is -0.625. The monoisotopic (exact) mass is 249 g/mol. The summed E-state index contributed by atoms with van der Waals surface area (Å²) in [4.78, 5) is 19.3. The highest BCUT2D eigenvalue weighted by molar-refractivity contribution is 5.95. The van der Waals surface area contributed by atoms with Crippen LogP contribution >= 0.6 is 0 Å². The number of aromatic nitrogens is 1. The van der Waals surface area contributed by atoms with Crippen molar-refractivity contribution in [3.05, 3.63) is 30.1 Å². The largest absolute Gasteiger partial charge is 0.354 e. The molecule has 0 aliphatic heterocycles. The summed E-state index contributed by atoms with van der Waals surface area (Å²) in [6.07, 6.45) is 2.46. The normalized spacial score (nSPS) is 11.4. The summed E-state index contributed by atoms with van der Waals surface area (Å²) in [5.74, 6) is 0.397. The molecule has 0 saturated heterocycles. The van der Waals surface area contributed by atoms with Crippen LogP contribution in [0, 0.1) is 0 Å². The highest BCUT2D eigenvalue weighted by Crippen LogP contribution is 1.94. The van der Waals surface area contributed by atoms with Gasteiger partial charge in [0.25, 0.3) is 0 Å². The molecule has 0 unspecified atom stereocenters. The lowest BCUT2D eigenvalue weighted by Crippen LogP contribution is -2.46. The van der Waals surface area contributed by atoms with E-state index in [1.807, 2.05) is 32.0 Å². The predicted molar refractivity (Wildman–Crippen MR) is 71.2 cm³/mol. The van der Waals surface area contributed by atoms with Crippen LogP contribution < -0.4 is 16.4 Å². The van der Waals surface area contributed by atoms with Crippen LogP contribution in [-0.2, 0) is 6.42 Å². The van der Waals surface area contributed by atoms with E-state index in [4.69, 9.17) is 5.73 Å². The second kappa shape index (κ2) is 7.26. The first kappa shape index (κ1) is 14.0. The van der Waals surface area contributed by atoms with Gasteiger partial charge < -0.3 is 11.1 Å². The van der Waals surface area contributed by atoms with Gasteiger partial charge in [-0.15, -0.1) is 0 Å². The number of amides is 2. The lowest BCUT2D eigenvalue weighted by Gasteiger charge is -2.12. The van der Waals surface area contributed by atoms with E-state index in [0.717, 1.165) is 5.69 Å². The molecule has 1 aromatic heterocycles. The Bertz CT molecular complexity index is 402. The van der Waals surface area contributed by atoms with E-state index in [2.05, 4.69) is 20.6 Å². The molecule has 1 aromatic rings. The van der Waals surface area contributed by atoms with Crippen molar-refractivity contribution in [2.45, 2.75) is 26.3 Å². The van der Waals surface area contributed by atoms with Gasteiger partial charge in [-0.1, -0.05) is 6.07 Å². The number of hydrogen-bond donors (Lipinski definition) is 3. The fourth-order valence-corrected chi connectivity index (χ4v) is 1.34. The highest BCUT2D eigenvalue weighted by atomic mass is 16.2. The van der Waals surface area contributed by atoms with Gasteiger partial charge >= 0.3 is 6.03 Å². The molecule has 18 heavy (non-hydrogen) atoms. The number of hydrogen-bond acceptors (Lipinski definition) is 3. The second-order valence-electron chi connectivity index (χ2n) is 4.09. The van der Waals surface area contributed by atoms with E-state index in [1.54, 1.807) is 6.20 Å². The zero-order valence-electron chi connectivity index (χ0n) is 10.7. The Morgan fingerprint density at radius 3 is 2.83 bits per heavy atom. The number of nitrogens with two attached hydrogens (primary N) is 1. The third-order valence-corrected chi connectivity index (χ3v) is 2.03. The maximum atomic E-state index is 10.8. The lowest BCUT2D eigenvalue weighted by atomic mass is 10.3. The van der Waals surface area contributed by atoms with E-state index < -0.39 is 6.03 Å². The molecule has 0 radical (unpaired) electrons. The third kappa shape index (κ3) is 5.83. The second-order valence-corrected chi connectivity index (χ2v) is 4.09. The Labute approximate surface area is 107 Å². The van der Waals surface area contributed by atoms with Crippen molar-refractivity contribution in [2.75, 3.05) is 6.54 Å². The Hall–Kier alpha value is -2.11. The molecule has 6 heteroatoms. The molecule has 0 aromatic carbocycles. The molecule has 4 N–H and O–H groups in total. The van der Waals surface area contributed by atoms with E-state index in [9.17, 15) is 4.79 Å². The van der Waals surface area contributed by atoms with Gasteiger partial charge in [0.1, 0.15) is 0 Å². The topological polar surface area (TPSA) is 92.4 Å². The fraction of sp³-hybridized carbons (Fsp3) is 0.417. The number of nitrogens with one attached hydrogen (secondary N) is 2. The molecule has 6 nitrogen and oxygen atoms in total. The van der Waals surface area contributed by atoms with E-state index in [1.165, 1.54) is 0 Å². The van der Waals surface area contributed by atoms with Crippen molar-refractivity contribution in [3.8, 4) is 0 Å². The summed E-state index contributed by atoms with van der Waals surface area (Å²) >= 11 is 0. The highest BCUT2D eigenvalue weighted by Gasteiger charge is 2.03. The van der Waals surface area contributed by atoms with Gasteiger partial charge in [0.05, 0.1) is 0 Å². The fourth-order valence-electron chi connectivity index (χ4n) is 1.34. The number of primary amides is 1. The molecule has 98 valence electrons. The Balaban J connectivity index is 2.51. The van der Waals surface area contributed by atoms with E-state index in [0.29, 0.717) is 18.9 Å². The van der Waals surface area contributed by atoms with Crippen LogP contribution in [-0.4, -0.2) is 29.6 Å². The first-order chi connectivity index (χ1) is 8.58. The molecule has 0 aliphatic rings. The predicted octanol–water partition coefficient (Wildman–Crippen LogP) is 0.646. The van der Waals surface area contributed by atoms with Gasteiger partial charge in [-0.2, -0.15) is 0 Å². The van der Waals surface area contributed by atoms with Crippen LogP contribution in [0.15, 0.2) is 29.4 Å². The van der Waals surface area contributed by atoms with Gasteiger partial charge in [0.2, 0.25) is 0 Å². The maximum absolute atomic E-state index is 10.8. The number of carbonyl (C=O) groups excluding carboxylic acids is 1. The Morgan fingerprint density at radius 2 is 2.28 bits per heavy atom. The van der Waals surface area contributed by atoms with Crippen molar-refractivity contribution in [3.63, 3.8) is 0 Å². The quantitative estimate of drug-likeness (QED) is 0.540. The number of guanidine groups is 1. The summed E-state index contributed by atoms with van der Waals surface area (Å²) < 4.78 is 0. The smallest absolute Gasteiger partial charge is 0.318 e. The van der Waals surface area contributed by atoms with Crippen molar-refractivity contribution in [2.24, 2.45) is 10.7 Å². The van der Waals surface area contributed by atoms with Crippen LogP contribution in [0.25, 0.3) is 0 Å². The molecule has 0 fully saturated rings. The Kier molecular flexibility index (Phi) is 5.63. The first-order valence-electron chi connectivity index (χ1n) is 5.85. The van der Waals surface area contributed by atoms with Crippen molar-refractivity contribution in [1.29, 1.82) is 0 Å². The molecule has 0 bridgehead atoms. The Morgan fingerprint density at radius 1 is 1.50 bits per heavy atom. The zero-order valence-corrected chi connectivity index (χ0v) is 10.7. The van der Waals surface area contributed by atoms with Crippen molar-refractivity contribution < 1.29 is 4.79 Å². The van der Waals surface area contributed by atoms with Crippen LogP contribution in [0.1, 0.15) is 19.5 Å². The van der Waals surface area contributed by atoms with Crippen LogP contribution in [0.3, 0.4) is 0 Å². The molecule has 1 heterocycles. The summed E-state index contributed by atoms with van der Waals surface area (Å²) in [6, 6.07) is 5.28. The van der Waals surface area contributed by atoms with Gasteiger partial charge in [-0.25, -0.2) is 4.79 Å². The number of urea groups is 1. The number of pyridine rings is 1. The van der Waals surface area contributed by atoms with Crippen LogP contribution in [0.2, 0.25) is 0 Å². The van der Waals surface area contributed by atoms with Gasteiger partial charge in [0, 0.05) is 30.9 Å². The summed E-state index contributed by atoms with van der Waals surface area (Å²) in [5.41, 5.74) is 6.03.